The van der Waals surface area contributed by atoms with E-state index in [9.17, 15) is 18.0 Å². The van der Waals surface area contributed by atoms with Crippen LogP contribution in [0.25, 0.3) is 0 Å². The molecule has 3 rings (SSSR count). The van der Waals surface area contributed by atoms with Gasteiger partial charge in [-0.2, -0.15) is 0 Å². The van der Waals surface area contributed by atoms with E-state index in [1.807, 2.05) is 25.3 Å². The number of carbonyl (C=O) groups is 2. The van der Waals surface area contributed by atoms with Crippen molar-refractivity contribution in [1.82, 2.24) is 9.29 Å². The number of rotatable bonds is 8. The summed E-state index contributed by atoms with van der Waals surface area (Å²) in [7, 11) is -3.90. The van der Waals surface area contributed by atoms with E-state index in [1.54, 1.807) is 6.07 Å². The Bertz CT molecular complexity index is 1120. The van der Waals surface area contributed by atoms with E-state index in [0.717, 1.165) is 36.8 Å². The van der Waals surface area contributed by atoms with Crippen LogP contribution < -0.4 is 4.72 Å². The fourth-order valence-corrected chi connectivity index (χ4v) is 5.39. The van der Waals surface area contributed by atoms with Crippen LogP contribution in [0.5, 0.6) is 0 Å². The monoisotopic (exact) mass is 472 g/mol. The molecule has 7 nitrogen and oxygen atoms in total. The van der Waals surface area contributed by atoms with E-state index in [1.165, 1.54) is 6.07 Å². The minimum atomic E-state index is -3.90. The number of hydrogen-bond donors (Lipinski definition) is 1. The Morgan fingerprint density at radius 2 is 1.80 bits per heavy atom. The van der Waals surface area contributed by atoms with Crippen molar-refractivity contribution < 1.29 is 22.7 Å². The molecule has 0 bridgehead atoms. The van der Waals surface area contributed by atoms with Gasteiger partial charge in [-0.05, 0) is 51.8 Å². The van der Waals surface area contributed by atoms with Crippen LogP contribution in [-0.2, 0) is 21.3 Å². The quantitative estimate of drug-likeness (QED) is 0.464. The van der Waals surface area contributed by atoms with E-state index in [-0.39, 0.29) is 32.3 Å². The van der Waals surface area contributed by atoms with Gasteiger partial charge in [0.15, 0.2) is 6.61 Å². The standard InChI is InChI=1S/C20H22Cl2N2O5S/c1-4-24-11(2)7-14(12(24)3)18(25)10-29-20(26)15-8-19(17(22)9-16(15)21)30(27,28)23-13-5-6-13/h7-9,13,23H,4-6,10H2,1-3H3. The third kappa shape index (κ3) is 4.72. The van der Waals surface area contributed by atoms with Crippen LogP contribution in [0.3, 0.4) is 0 Å². The lowest BCUT2D eigenvalue weighted by Gasteiger charge is -2.11. The molecule has 1 fully saturated rings. The zero-order chi connectivity index (χ0) is 22.2. The van der Waals surface area contributed by atoms with Gasteiger partial charge in [0.2, 0.25) is 15.8 Å². The number of benzene rings is 1. The molecule has 1 aliphatic carbocycles. The van der Waals surface area contributed by atoms with E-state index >= 15 is 0 Å². The van der Waals surface area contributed by atoms with Crippen molar-refractivity contribution in [2.45, 2.75) is 51.1 Å². The van der Waals surface area contributed by atoms with Crippen molar-refractivity contribution in [3.05, 3.63) is 50.8 Å². The third-order valence-electron chi connectivity index (χ3n) is 4.95. The minimum Gasteiger partial charge on any atom is -0.454 e. The molecule has 1 saturated carbocycles. The third-order valence-corrected chi connectivity index (χ3v) is 7.25. The summed E-state index contributed by atoms with van der Waals surface area (Å²) in [5, 5.41) is -0.167. The summed E-state index contributed by atoms with van der Waals surface area (Å²) in [4.78, 5) is 24.8. The second-order valence-electron chi connectivity index (χ2n) is 7.19. The van der Waals surface area contributed by atoms with Crippen molar-refractivity contribution in [2.75, 3.05) is 6.61 Å². The van der Waals surface area contributed by atoms with Gasteiger partial charge in [0.25, 0.3) is 0 Å². The highest BCUT2D eigenvalue weighted by Crippen LogP contribution is 2.31. The van der Waals surface area contributed by atoms with Crippen LogP contribution in [0, 0.1) is 13.8 Å². The van der Waals surface area contributed by atoms with E-state index in [4.69, 9.17) is 27.9 Å². The van der Waals surface area contributed by atoms with Gasteiger partial charge in [-0.15, -0.1) is 0 Å². The zero-order valence-corrected chi connectivity index (χ0v) is 19.1. The second-order valence-corrected chi connectivity index (χ2v) is 9.68. The predicted molar refractivity (Wildman–Crippen MR) is 114 cm³/mol. The number of Topliss-reactive ketones (excluding diaryl/α,β-unsaturated/α-hetero) is 1. The van der Waals surface area contributed by atoms with Gasteiger partial charge in [0, 0.05) is 29.5 Å². The van der Waals surface area contributed by atoms with Crippen molar-refractivity contribution >= 4 is 45.0 Å². The molecular formula is C20H22Cl2N2O5S. The lowest BCUT2D eigenvalue weighted by atomic mass is 10.1. The molecule has 2 aromatic rings. The highest BCUT2D eigenvalue weighted by molar-refractivity contribution is 7.89. The largest absolute Gasteiger partial charge is 0.454 e. The van der Waals surface area contributed by atoms with Crippen molar-refractivity contribution in [1.29, 1.82) is 0 Å². The van der Waals surface area contributed by atoms with Crippen LogP contribution in [0.2, 0.25) is 10.0 Å². The zero-order valence-electron chi connectivity index (χ0n) is 16.8. The minimum absolute atomic E-state index is 0.0630. The molecule has 0 radical (unpaired) electrons. The molecule has 1 aromatic carbocycles. The lowest BCUT2D eigenvalue weighted by Crippen LogP contribution is -2.26. The van der Waals surface area contributed by atoms with Gasteiger partial charge in [-0.25, -0.2) is 17.9 Å². The maximum Gasteiger partial charge on any atom is 0.340 e. The molecule has 0 unspecified atom stereocenters. The van der Waals surface area contributed by atoms with Crippen LogP contribution in [-0.4, -0.2) is 37.4 Å². The number of sulfonamides is 1. The van der Waals surface area contributed by atoms with Crippen molar-refractivity contribution in [2.24, 2.45) is 0 Å². The average Bonchev–Trinajstić information content (AvgIpc) is 3.41. The number of esters is 1. The first kappa shape index (κ1) is 22.8. The SMILES string of the molecule is CCn1c(C)cc(C(=O)COC(=O)c2cc(S(=O)(=O)NC3CC3)c(Cl)cc2Cl)c1C. The predicted octanol–water partition coefficient (Wildman–Crippen LogP) is 3.91. The van der Waals surface area contributed by atoms with Crippen LogP contribution in [0.4, 0.5) is 0 Å². The number of carbonyl (C=O) groups excluding carboxylic acids is 2. The molecule has 0 aliphatic heterocycles. The van der Waals surface area contributed by atoms with Gasteiger partial charge in [0.05, 0.1) is 15.6 Å². The van der Waals surface area contributed by atoms with Crippen molar-refractivity contribution in [3.63, 3.8) is 0 Å². The van der Waals surface area contributed by atoms with Crippen LogP contribution in [0.15, 0.2) is 23.1 Å². The van der Waals surface area contributed by atoms with Gasteiger partial charge in [-0.1, -0.05) is 23.2 Å². The fraction of sp³-hybridized carbons (Fsp3) is 0.400. The van der Waals surface area contributed by atoms with Crippen LogP contribution >= 0.6 is 23.2 Å². The Morgan fingerprint density at radius 3 is 2.37 bits per heavy atom. The maximum absolute atomic E-state index is 12.5. The molecule has 1 aliphatic rings. The smallest absolute Gasteiger partial charge is 0.340 e. The number of aromatic nitrogens is 1. The molecule has 162 valence electrons. The Hall–Kier alpha value is -1.87. The summed E-state index contributed by atoms with van der Waals surface area (Å²) in [5.41, 5.74) is 2.02. The van der Waals surface area contributed by atoms with E-state index in [2.05, 4.69) is 4.72 Å². The first-order valence-corrected chi connectivity index (χ1v) is 11.7. The molecule has 10 heteroatoms. The van der Waals surface area contributed by atoms with E-state index < -0.39 is 22.6 Å². The molecule has 1 N–H and O–H groups in total. The van der Waals surface area contributed by atoms with Gasteiger partial charge >= 0.3 is 5.97 Å². The number of nitrogens with zero attached hydrogens (tertiary/aromatic N) is 1. The molecule has 0 atom stereocenters. The fourth-order valence-electron chi connectivity index (χ4n) is 3.23. The molecule has 0 saturated heterocycles. The average molecular weight is 473 g/mol. The molecule has 1 heterocycles. The Morgan fingerprint density at radius 1 is 1.13 bits per heavy atom. The van der Waals surface area contributed by atoms with Gasteiger partial charge in [-0.3, -0.25) is 4.79 Å². The van der Waals surface area contributed by atoms with Gasteiger partial charge in [0.1, 0.15) is 4.90 Å². The molecular weight excluding hydrogens is 451 g/mol. The number of nitrogens with one attached hydrogen (secondary N) is 1. The van der Waals surface area contributed by atoms with Crippen molar-refractivity contribution in [3.8, 4) is 0 Å². The maximum atomic E-state index is 12.5. The first-order chi connectivity index (χ1) is 14.0. The summed E-state index contributed by atoms with van der Waals surface area (Å²) < 4.78 is 34.6. The Balaban J connectivity index is 1.78. The first-order valence-electron chi connectivity index (χ1n) is 9.43. The summed E-state index contributed by atoms with van der Waals surface area (Å²) >= 11 is 12.1. The topological polar surface area (TPSA) is 94.5 Å². The number of aryl methyl sites for hydroxylation is 1. The lowest BCUT2D eigenvalue weighted by molar-refractivity contribution is 0.0474. The second kappa shape index (κ2) is 8.70. The highest BCUT2D eigenvalue weighted by Gasteiger charge is 2.30. The number of ether oxygens (including phenoxy) is 1. The van der Waals surface area contributed by atoms with Gasteiger partial charge < -0.3 is 9.30 Å². The molecule has 1 aromatic heterocycles. The summed E-state index contributed by atoms with van der Waals surface area (Å²) in [5.74, 6) is -1.26. The number of ketones is 1. The normalized spacial score (nSPS) is 14.0. The summed E-state index contributed by atoms with van der Waals surface area (Å²) in [6, 6.07) is 3.87. The number of hydrogen-bond acceptors (Lipinski definition) is 5. The number of halogens is 2. The van der Waals surface area contributed by atoms with Crippen LogP contribution in [0.1, 0.15) is 51.9 Å². The summed E-state index contributed by atoms with van der Waals surface area (Å²) in [6.45, 7) is 5.92. The molecule has 0 amide bonds. The summed E-state index contributed by atoms with van der Waals surface area (Å²) in [6.07, 6.45) is 1.50. The molecule has 30 heavy (non-hydrogen) atoms. The molecule has 0 spiro atoms. The highest BCUT2D eigenvalue weighted by atomic mass is 35.5. The Kier molecular flexibility index (Phi) is 6.62. The Labute approximate surface area is 185 Å². The van der Waals surface area contributed by atoms with E-state index in [0.29, 0.717) is 5.56 Å².